The first kappa shape index (κ1) is 16.7. The smallest absolute Gasteiger partial charge is 0.213 e. The molecule has 3 nitrogen and oxygen atoms in total. The third-order valence-corrected chi connectivity index (χ3v) is 4.89. The molecule has 0 N–H and O–H groups in total. The Bertz CT molecular complexity index is 937. The van der Waals surface area contributed by atoms with Crippen molar-refractivity contribution in [3.05, 3.63) is 69.0 Å². The Morgan fingerprint density at radius 1 is 1.21 bits per heavy atom. The molecule has 2 aromatic heterocycles. The van der Waals surface area contributed by atoms with Crippen LogP contribution in [0.2, 0.25) is 10.0 Å². The van der Waals surface area contributed by atoms with Gasteiger partial charge in [0.25, 0.3) is 0 Å². The van der Waals surface area contributed by atoms with Crippen LogP contribution in [0.15, 0.2) is 41.9 Å². The molecule has 2 heterocycles. The molecule has 0 aliphatic carbocycles. The van der Waals surface area contributed by atoms with E-state index in [0.717, 1.165) is 11.1 Å². The summed E-state index contributed by atoms with van der Waals surface area (Å²) in [6.45, 7) is 0.148. The summed E-state index contributed by atoms with van der Waals surface area (Å²) in [4.78, 5) is 3.49. The first-order chi connectivity index (χ1) is 11.6. The normalized spacial score (nSPS) is 10.4. The molecule has 3 rings (SSSR count). The van der Waals surface area contributed by atoms with Gasteiger partial charge in [0.15, 0.2) is 5.06 Å². The number of hydrogen-bond donors (Lipinski definition) is 0. The van der Waals surface area contributed by atoms with E-state index in [1.54, 1.807) is 24.3 Å². The molecule has 0 saturated heterocycles. The molecular weight excluding hydrogens is 370 g/mol. The molecule has 0 atom stereocenters. The van der Waals surface area contributed by atoms with E-state index in [-0.39, 0.29) is 6.61 Å². The van der Waals surface area contributed by atoms with Crippen molar-refractivity contribution in [3.63, 3.8) is 0 Å². The lowest BCUT2D eigenvalue weighted by atomic mass is 10.1. The van der Waals surface area contributed by atoms with Gasteiger partial charge in [0.05, 0.1) is 10.0 Å². The third-order valence-electron chi connectivity index (χ3n) is 3.26. The van der Waals surface area contributed by atoms with Crippen LogP contribution >= 0.6 is 34.5 Å². The fourth-order valence-electron chi connectivity index (χ4n) is 2.11. The Hall–Kier alpha value is -2.13. The second-order valence-corrected chi connectivity index (χ2v) is 6.48. The number of benzene rings is 1. The third kappa shape index (κ3) is 3.51. The van der Waals surface area contributed by atoms with Crippen LogP contribution < -0.4 is 4.74 Å². The summed E-state index contributed by atoms with van der Waals surface area (Å²) >= 11 is 13.3. The van der Waals surface area contributed by atoms with Crippen molar-refractivity contribution in [3.8, 4) is 22.3 Å². The average molecular weight is 379 g/mol. The molecule has 0 amide bonds. The second kappa shape index (κ2) is 7.18. The van der Waals surface area contributed by atoms with Gasteiger partial charge in [-0.1, -0.05) is 29.3 Å². The Labute approximate surface area is 151 Å². The van der Waals surface area contributed by atoms with Crippen LogP contribution in [0.25, 0.3) is 11.1 Å². The molecule has 0 unspecified atom stereocenters. The van der Waals surface area contributed by atoms with Crippen LogP contribution in [0.3, 0.4) is 0 Å². The highest BCUT2D eigenvalue weighted by molar-refractivity contribution is 7.12. The summed E-state index contributed by atoms with van der Waals surface area (Å²) in [6, 6.07) is 10.3. The summed E-state index contributed by atoms with van der Waals surface area (Å²) in [6.07, 6.45) is 1.37. The van der Waals surface area contributed by atoms with Crippen LogP contribution in [0, 0.1) is 17.3 Å². The fourth-order valence-corrected chi connectivity index (χ4v) is 3.29. The van der Waals surface area contributed by atoms with Gasteiger partial charge in [0, 0.05) is 17.1 Å². The molecule has 0 aliphatic heterocycles. The Kier molecular flexibility index (Phi) is 5.00. The van der Waals surface area contributed by atoms with Gasteiger partial charge in [-0.2, -0.15) is 9.65 Å². The van der Waals surface area contributed by atoms with Crippen LogP contribution in [0.4, 0.5) is 4.39 Å². The molecule has 0 bridgehead atoms. The molecule has 0 aliphatic rings. The number of pyridine rings is 1. The number of nitrogens with zero attached hydrogens (tertiary/aromatic N) is 2. The van der Waals surface area contributed by atoms with Crippen molar-refractivity contribution < 1.29 is 9.13 Å². The quantitative estimate of drug-likeness (QED) is 0.546. The molecular formula is C17H9Cl2FN2OS. The zero-order valence-electron chi connectivity index (χ0n) is 12.1. The lowest BCUT2D eigenvalue weighted by molar-refractivity contribution is 0.314. The SMILES string of the molecule is N#Cc1c(-c2ccc(Cl)c(Cl)c2)csc1OCc1ccnc(F)c1. The molecule has 0 spiro atoms. The van der Waals surface area contributed by atoms with Gasteiger partial charge in [-0.25, -0.2) is 4.98 Å². The molecule has 24 heavy (non-hydrogen) atoms. The minimum Gasteiger partial charge on any atom is -0.478 e. The number of thiophene rings is 1. The standard InChI is InChI=1S/C17H9Cl2FN2OS/c18-14-2-1-11(6-15(14)19)13-9-24-17(12(13)7-21)23-8-10-3-4-22-16(20)5-10/h1-6,9H,8H2. The topological polar surface area (TPSA) is 45.9 Å². The first-order valence-corrected chi connectivity index (χ1v) is 8.42. The summed E-state index contributed by atoms with van der Waals surface area (Å²) in [7, 11) is 0. The van der Waals surface area contributed by atoms with Gasteiger partial charge in [-0.15, -0.1) is 11.3 Å². The summed E-state index contributed by atoms with van der Waals surface area (Å²) in [5, 5.41) is 12.6. The van der Waals surface area contributed by atoms with Crippen molar-refractivity contribution in [2.45, 2.75) is 6.61 Å². The Balaban J connectivity index is 1.87. The molecule has 0 radical (unpaired) electrons. The number of nitriles is 1. The van der Waals surface area contributed by atoms with Crippen molar-refractivity contribution >= 4 is 34.5 Å². The first-order valence-electron chi connectivity index (χ1n) is 6.78. The summed E-state index contributed by atoms with van der Waals surface area (Å²) < 4.78 is 18.8. The van der Waals surface area contributed by atoms with Gasteiger partial charge in [0.1, 0.15) is 18.2 Å². The van der Waals surface area contributed by atoms with E-state index in [1.807, 2.05) is 5.38 Å². The molecule has 0 fully saturated rings. The number of rotatable bonds is 4. The molecule has 120 valence electrons. The van der Waals surface area contributed by atoms with Gasteiger partial charge in [0.2, 0.25) is 5.95 Å². The highest BCUT2D eigenvalue weighted by Gasteiger charge is 2.15. The number of aromatic nitrogens is 1. The van der Waals surface area contributed by atoms with E-state index in [2.05, 4.69) is 11.1 Å². The maximum Gasteiger partial charge on any atom is 0.213 e. The van der Waals surface area contributed by atoms with E-state index in [0.29, 0.717) is 26.2 Å². The van der Waals surface area contributed by atoms with E-state index >= 15 is 0 Å². The monoisotopic (exact) mass is 378 g/mol. The maximum absolute atomic E-state index is 13.1. The fraction of sp³-hybridized carbons (Fsp3) is 0.0588. The van der Waals surface area contributed by atoms with Crippen LogP contribution in [0.1, 0.15) is 11.1 Å². The van der Waals surface area contributed by atoms with Crippen molar-refractivity contribution in [1.29, 1.82) is 5.26 Å². The maximum atomic E-state index is 13.1. The second-order valence-electron chi connectivity index (χ2n) is 4.83. The van der Waals surface area contributed by atoms with Crippen LogP contribution in [-0.4, -0.2) is 4.98 Å². The number of halogens is 3. The van der Waals surface area contributed by atoms with Crippen molar-refractivity contribution in [2.75, 3.05) is 0 Å². The van der Waals surface area contributed by atoms with Crippen LogP contribution in [0.5, 0.6) is 5.06 Å². The minimum atomic E-state index is -0.570. The largest absolute Gasteiger partial charge is 0.478 e. The van der Waals surface area contributed by atoms with Crippen molar-refractivity contribution in [2.24, 2.45) is 0 Å². The zero-order chi connectivity index (χ0) is 17.1. The lowest BCUT2D eigenvalue weighted by Crippen LogP contribution is -1.97. The van der Waals surface area contributed by atoms with Gasteiger partial charge in [-0.3, -0.25) is 0 Å². The molecule has 3 aromatic rings. The van der Waals surface area contributed by atoms with Gasteiger partial charge < -0.3 is 4.74 Å². The van der Waals surface area contributed by atoms with E-state index in [4.69, 9.17) is 27.9 Å². The van der Waals surface area contributed by atoms with E-state index < -0.39 is 5.95 Å². The molecule has 7 heteroatoms. The predicted molar refractivity (Wildman–Crippen MR) is 93.0 cm³/mol. The summed E-state index contributed by atoms with van der Waals surface area (Å²) in [5.41, 5.74) is 2.54. The highest BCUT2D eigenvalue weighted by Crippen LogP contribution is 2.38. The zero-order valence-corrected chi connectivity index (χ0v) is 14.4. The van der Waals surface area contributed by atoms with Gasteiger partial charge >= 0.3 is 0 Å². The molecule has 1 aromatic carbocycles. The predicted octanol–water partition coefficient (Wildman–Crippen LogP) is 5.71. The van der Waals surface area contributed by atoms with Crippen molar-refractivity contribution in [1.82, 2.24) is 4.98 Å². The van der Waals surface area contributed by atoms with Gasteiger partial charge in [-0.05, 0) is 35.4 Å². The highest BCUT2D eigenvalue weighted by atomic mass is 35.5. The Morgan fingerprint density at radius 3 is 2.75 bits per heavy atom. The average Bonchev–Trinajstić information content (AvgIpc) is 2.98. The Morgan fingerprint density at radius 2 is 2.04 bits per heavy atom. The minimum absolute atomic E-state index is 0.148. The number of ether oxygens (including phenoxy) is 1. The molecule has 0 saturated carbocycles. The van der Waals surface area contributed by atoms with Crippen LogP contribution in [-0.2, 0) is 6.61 Å². The number of hydrogen-bond acceptors (Lipinski definition) is 4. The van der Waals surface area contributed by atoms with E-state index in [1.165, 1.54) is 23.6 Å². The lowest BCUT2D eigenvalue weighted by Gasteiger charge is -2.05. The van der Waals surface area contributed by atoms with E-state index in [9.17, 15) is 9.65 Å². The summed E-state index contributed by atoms with van der Waals surface area (Å²) in [5.74, 6) is -0.570.